The zero-order chi connectivity index (χ0) is 12.8. The number of hydrogen-bond donors (Lipinski definition) is 0. The van der Waals surface area contributed by atoms with E-state index in [1.54, 1.807) is 43.7 Å². The van der Waals surface area contributed by atoms with Crippen LogP contribution in [0.1, 0.15) is 10.4 Å². The molecule has 1 aromatic heterocycles. The summed E-state index contributed by atoms with van der Waals surface area (Å²) < 4.78 is 6.87. The van der Waals surface area contributed by atoms with Gasteiger partial charge in [0.25, 0.3) is 0 Å². The van der Waals surface area contributed by atoms with Gasteiger partial charge in [-0.3, -0.25) is 4.79 Å². The Bertz CT molecular complexity index is 550. The van der Waals surface area contributed by atoms with E-state index < -0.39 is 0 Å². The van der Waals surface area contributed by atoms with Crippen LogP contribution in [0.4, 0.5) is 0 Å². The standard InChI is InChI=1S/C15H14NO2.ClH/c1-18-14-7-5-13(6-8-14)15(17)9-12-16-10-3-2-4-11-16;/h2-12H,1H3;1H/q+1;/p-1/b12-9+;. The van der Waals surface area contributed by atoms with Crippen LogP contribution in [0.25, 0.3) is 6.20 Å². The van der Waals surface area contributed by atoms with Crippen molar-refractivity contribution in [2.75, 3.05) is 7.11 Å². The maximum absolute atomic E-state index is 11.9. The third kappa shape index (κ3) is 4.23. The summed E-state index contributed by atoms with van der Waals surface area (Å²) in [6.45, 7) is 0. The van der Waals surface area contributed by atoms with E-state index in [9.17, 15) is 4.79 Å². The average molecular weight is 276 g/mol. The van der Waals surface area contributed by atoms with Gasteiger partial charge in [-0.25, -0.2) is 0 Å². The highest BCUT2D eigenvalue weighted by molar-refractivity contribution is 6.05. The van der Waals surface area contributed by atoms with Crippen LogP contribution < -0.4 is 21.7 Å². The van der Waals surface area contributed by atoms with Crippen LogP contribution in [-0.2, 0) is 0 Å². The number of carbonyl (C=O) groups excluding carboxylic acids is 1. The number of methoxy groups -OCH3 is 1. The van der Waals surface area contributed by atoms with E-state index in [1.165, 1.54) is 0 Å². The van der Waals surface area contributed by atoms with Crippen molar-refractivity contribution in [3.05, 3.63) is 66.5 Å². The molecule has 2 rings (SSSR count). The van der Waals surface area contributed by atoms with Gasteiger partial charge in [0.15, 0.2) is 24.4 Å². The lowest BCUT2D eigenvalue weighted by molar-refractivity contribution is -0.568. The molecule has 0 bridgehead atoms. The van der Waals surface area contributed by atoms with Gasteiger partial charge in [0.05, 0.1) is 13.2 Å². The predicted octanol–water partition coefficient (Wildman–Crippen LogP) is -0.660. The summed E-state index contributed by atoms with van der Waals surface area (Å²) in [7, 11) is 1.60. The van der Waals surface area contributed by atoms with E-state index in [1.807, 2.05) is 35.2 Å². The number of carbonyl (C=O) groups is 1. The molecule has 1 aromatic carbocycles. The van der Waals surface area contributed by atoms with E-state index in [0.717, 1.165) is 5.75 Å². The molecule has 2 aromatic rings. The van der Waals surface area contributed by atoms with Crippen molar-refractivity contribution in [3.8, 4) is 5.75 Å². The molecule has 98 valence electrons. The Morgan fingerprint density at radius 3 is 2.32 bits per heavy atom. The molecule has 0 radical (unpaired) electrons. The van der Waals surface area contributed by atoms with Crippen LogP contribution in [0.3, 0.4) is 0 Å². The van der Waals surface area contributed by atoms with Gasteiger partial charge in [-0.1, -0.05) is 6.07 Å². The van der Waals surface area contributed by atoms with Crippen LogP contribution in [0.5, 0.6) is 5.75 Å². The molecule has 3 nitrogen and oxygen atoms in total. The van der Waals surface area contributed by atoms with Gasteiger partial charge in [0, 0.05) is 17.7 Å². The second kappa shape index (κ2) is 7.34. The molecule has 0 fully saturated rings. The molecule has 0 atom stereocenters. The number of nitrogens with zero attached hydrogens (tertiary/aromatic N) is 1. The Morgan fingerprint density at radius 1 is 1.11 bits per heavy atom. The van der Waals surface area contributed by atoms with E-state index in [0.29, 0.717) is 5.56 Å². The minimum absolute atomic E-state index is 0. The molecule has 0 spiro atoms. The van der Waals surface area contributed by atoms with Gasteiger partial charge >= 0.3 is 0 Å². The Labute approximate surface area is 118 Å². The number of allylic oxidation sites excluding steroid dienone is 1. The number of ether oxygens (including phenoxy) is 1. The Morgan fingerprint density at radius 2 is 1.74 bits per heavy atom. The molecular weight excluding hydrogens is 262 g/mol. The highest BCUT2D eigenvalue weighted by Gasteiger charge is 2.03. The topological polar surface area (TPSA) is 30.2 Å². The summed E-state index contributed by atoms with van der Waals surface area (Å²) in [4.78, 5) is 11.9. The number of hydrogen-bond acceptors (Lipinski definition) is 2. The molecule has 0 saturated carbocycles. The third-order valence-corrected chi connectivity index (χ3v) is 2.51. The van der Waals surface area contributed by atoms with Crippen molar-refractivity contribution < 1.29 is 26.5 Å². The molecule has 0 aliphatic heterocycles. The first-order valence-corrected chi connectivity index (χ1v) is 5.62. The Hall–Kier alpha value is -2.13. The molecule has 0 unspecified atom stereocenters. The minimum Gasteiger partial charge on any atom is -1.00 e. The monoisotopic (exact) mass is 275 g/mol. The summed E-state index contributed by atoms with van der Waals surface area (Å²) in [5.74, 6) is 0.710. The first kappa shape index (κ1) is 14.9. The lowest BCUT2D eigenvalue weighted by Crippen LogP contribution is -3.00. The second-order valence-electron chi connectivity index (χ2n) is 3.73. The predicted molar refractivity (Wildman–Crippen MR) is 69.3 cm³/mol. The number of rotatable bonds is 4. The van der Waals surface area contributed by atoms with Gasteiger partial charge in [0.2, 0.25) is 0 Å². The molecule has 19 heavy (non-hydrogen) atoms. The molecule has 4 heteroatoms. The highest BCUT2D eigenvalue weighted by atomic mass is 35.5. The Kier molecular flexibility index (Phi) is 5.76. The number of ketones is 1. The lowest BCUT2D eigenvalue weighted by Gasteiger charge is -1.99. The van der Waals surface area contributed by atoms with Crippen molar-refractivity contribution in [1.82, 2.24) is 0 Å². The van der Waals surface area contributed by atoms with Crippen molar-refractivity contribution in [2.24, 2.45) is 0 Å². The van der Waals surface area contributed by atoms with Crippen LogP contribution in [0.15, 0.2) is 60.9 Å². The quantitative estimate of drug-likeness (QED) is 0.421. The lowest BCUT2D eigenvalue weighted by atomic mass is 10.1. The van der Waals surface area contributed by atoms with E-state index >= 15 is 0 Å². The molecule has 0 aliphatic rings. The normalized spacial score (nSPS) is 9.95. The first-order valence-electron chi connectivity index (χ1n) is 5.62. The summed E-state index contributed by atoms with van der Waals surface area (Å²) in [6.07, 6.45) is 7.02. The molecule has 1 heterocycles. The zero-order valence-corrected chi connectivity index (χ0v) is 11.2. The Balaban J connectivity index is 0.00000180. The summed E-state index contributed by atoms with van der Waals surface area (Å²) in [5.41, 5.74) is 0.642. The maximum Gasteiger partial charge on any atom is 0.191 e. The maximum atomic E-state index is 11.9. The highest BCUT2D eigenvalue weighted by Crippen LogP contribution is 2.11. The molecular formula is C15H14ClNO2. The minimum atomic E-state index is -0.0333. The van der Waals surface area contributed by atoms with Gasteiger partial charge in [-0.2, -0.15) is 4.57 Å². The summed E-state index contributed by atoms with van der Waals surface area (Å²) in [5, 5.41) is 0. The van der Waals surface area contributed by atoms with E-state index in [4.69, 9.17) is 4.74 Å². The van der Waals surface area contributed by atoms with Crippen molar-refractivity contribution in [2.45, 2.75) is 0 Å². The third-order valence-electron chi connectivity index (χ3n) is 2.51. The molecule has 0 saturated heterocycles. The van der Waals surface area contributed by atoms with Crippen LogP contribution >= 0.6 is 0 Å². The largest absolute Gasteiger partial charge is 1.00 e. The van der Waals surface area contributed by atoms with Gasteiger partial charge in [0.1, 0.15) is 5.75 Å². The number of halogens is 1. The smallest absolute Gasteiger partial charge is 0.191 e. The van der Waals surface area contributed by atoms with Crippen LogP contribution in [0, 0.1) is 0 Å². The van der Waals surface area contributed by atoms with E-state index in [2.05, 4.69) is 0 Å². The van der Waals surface area contributed by atoms with Crippen molar-refractivity contribution in [3.63, 3.8) is 0 Å². The van der Waals surface area contributed by atoms with E-state index in [-0.39, 0.29) is 18.2 Å². The SMILES string of the molecule is COc1ccc(C(=O)/C=C/[n+]2ccccc2)cc1.[Cl-]. The van der Waals surface area contributed by atoms with Crippen LogP contribution in [0.2, 0.25) is 0 Å². The van der Waals surface area contributed by atoms with Crippen LogP contribution in [-0.4, -0.2) is 12.9 Å². The van der Waals surface area contributed by atoms with Crippen molar-refractivity contribution in [1.29, 1.82) is 0 Å². The molecule has 0 amide bonds. The summed E-state index contributed by atoms with van der Waals surface area (Å²) in [6, 6.07) is 12.8. The fraction of sp³-hybridized carbons (Fsp3) is 0.0667. The molecule has 0 aliphatic carbocycles. The fourth-order valence-electron chi connectivity index (χ4n) is 1.52. The second-order valence-corrected chi connectivity index (χ2v) is 3.73. The fourth-order valence-corrected chi connectivity index (χ4v) is 1.52. The van der Waals surface area contributed by atoms with Crippen molar-refractivity contribution >= 4 is 12.0 Å². The van der Waals surface area contributed by atoms with Gasteiger partial charge < -0.3 is 17.1 Å². The average Bonchev–Trinajstić information content (AvgIpc) is 2.46. The molecule has 0 N–H and O–H groups in total. The summed E-state index contributed by atoms with van der Waals surface area (Å²) >= 11 is 0. The number of aromatic nitrogens is 1. The zero-order valence-electron chi connectivity index (χ0n) is 10.5. The first-order chi connectivity index (χ1) is 8.79. The van der Waals surface area contributed by atoms with Gasteiger partial charge in [-0.15, -0.1) is 0 Å². The number of pyridine rings is 1. The van der Waals surface area contributed by atoms with Gasteiger partial charge in [-0.05, 0) is 24.3 Å². The number of benzene rings is 1.